The van der Waals surface area contributed by atoms with Gasteiger partial charge in [-0.25, -0.2) is 10.8 Å². The van der Waals surface area contributed by atoms with Gasteiger partial charge in [-0.15, -0.1) is 0 Å². The molecule has 126 valence electrons. The average molecular weight is 341 g/mol. The molecule has 0 saturated carbocycles. The number of hydrogen-bond acceptors (Lipinski definition) is 5. The van der Waals surface area contributed by atoms with E-state index in [1.54, 1.807) is 36.9 Å². The molecule has 0 radical (unpaired) electrons. The zero-order valence-corrected chi connectivity index (χ0v) is 13.8. The number of carbonyl (C=O) groups is 1. The van der Waals surface area contributed by atoms with Crippen molar-refractivity contribution in [2.24, 2.45) is 5.84 Å². The van der Waals surface area contributed by atoms with Crippen LogP contribution in [-0.4, -0.2) is 20.9 Å². The van der Waals surface area contributed by atoms with E-state index < -0.39 is 0 Å². The quantitative estimate of drug-likeness (QED) is 0.339. The minimum Gasteiger partial charge on any atom is -0.290 e. The van der Waals surface area contributed by atoms with Crippen molar-refractivity contribution in [3.8, 4) is 22.4 Å². The summed E-state index contributed by atoms with van der Waals surface area (Å²) in [4.78, 5) is 24.9. The number of hydrogen-bond donors (Lipinski definition) is 2. The lowest BCUT2D eigenvalue weighted by Gasteiger charge is -2.09. The topological polar surface area (TPSA) is 93.8 Å². The highest BCUT2D eigenvalue weighted by molar-refractivity contribution is 6.06. The first-order valence-corrected chi connectivity index (χ1v) is 8.03. The molecule has 1 amide bonds. The van der Waals surface area contributed by atoms with Crippen molar-refractivity contribution in [3.05, 3.63) is 78.9 Å². The van der Waals surface area contributed by atoms with Crippen molar-refractivity contribution in [1.29, 1.82) is 0 Å². The van der Waals surface area contributed by atoms with Gasteiger partial charge in [-0.05, 0) is 35.4 Å². The predicted molar refractivity (Wildman–Crippen MR) is 99.9 cm³/mol. The number of benzene rings is 1. The zero-order valence-electron chi connectivity index (χ0n) is 13.8. The SMILES string of the molecule is NNC(=O)c1cc(-c2ccc(-c3ccncc3)cc2)nc2ccncc12. The molecule has 26 heavy (non-hydrogen) atoms. The number of aromatic nitrogens is 3. The maximum Gasteiger partial charge on any atom is 0.265 e. The van der Waals surface area contributed by atoms with E-state index >= 15 is 0 Å². The zero-order chi connectivity index (χ0) is 17.9. The summed E-state index contributed by atoms with van der Waals surface area (Å²) in [6, 6.07) is 15.4. The smallest absolute Gasteiger partial charge is 0.265 e. The number of pyridine rings is 3. The van der Waals surface area contributed by atoms with Gasteiger partial charge in [0, 0.05) is 35.7 Å². The van der Waals surface area contributed by atoms with E-state index in [1.165, 1.54) is 0 Å². The lowest BCUT2D eigenvalue weighted by atomic mass is 10.0. The summed E-state index contributed by atoms with van der Waals surface area (Å²) >= 11 is 0. The van der Waals surface area contributed by atoms with Gasteiger partial charge in [0.1, 0.15) is 0 Å². The van der Waals surface area contributed by atoms with E-state index in [9.17, 15) is 4.79 Å². The summed E-state index contributed by atoms with van der Waals surface area (Å²) in [5.41, 5.74) is 7.10. The lowest BCUT2D eigenvalue weighted by molar-refractivity contribution is 0.0955. The van der Waals surface area contributed by atoms with Crippen molar-refractivity contribution < 1.29 is 4.79 Å². The fourth-order valence-corrected chi connectivity index (χ4v) is 2.86. The van der Waals surface area contributed by atoms with Crippen molar-refractivity contribution in [3.63, 3.8) is 0 Å². The minimum absolute atomic E-state index is 0.375. The van der Waals surface area contributed by atoms with Gasteiger partial charge in [-0.2, -0.15) is 0 Å². The molecular weight excluding hydrogens is 326 g/mol. The predicted octanol–water partition coefficient (Wildman–Crippen LogP) is 2.96. The fourth-order valence-electron chi connectivity index (χ4n) is 2.86. The molecule has 0 unspecified atom stereocenters. The van der Waals surface area contributed by atoms with Gasteiger partial charge >= 0.3 is 0 Å². The average Bonchev–Trinajstić information content (AvgIpc) is 2.73. The van der Waals surface area contributed by atoms with Crippen LogP contribution >= 0.6 is 0 Å². The highest BCUT2D eigenvalue weighted by atomic mass is 16.2. The first-order chi connectivity index (χ1) is 12.8. The molecule has 3 heterocycles. The molecule has 0 saturated heterocycles. The van der Waals surface area contributed by atoms with Crippen LogP contribution in [0, 0.1) is 0 Å². The van der Waals surface area contributed by atoms with Crippen molar-refractivity contribution in [2.45, 2.75) is 0 Å². The Balaban J connectivity index is 1.80. The van der Waals surface area contributed by atoms with Gasteiger partial charge in [-0.1, -0.05) is 24.3 Å². The number of hydrazine groups is 1. The Kier molecular flexibility index (Phi) is 4.09. The van der Waals surface area contributed by atoms with E-state index in [4.69, 9.17) is 5.84 Å². The molecule has 3 aromatic heterocycles. The van der Waals surface area contributed by atoms with Crippen LogP contribution in [0.4, 0.5) is 0 Å². The standard InChI is InChI=1S/C20H15N5O/c21-25-20(26)16-11-19(24-18-7-10-23-12-17(16)18)15-3-1-13(2-4-15)14-5-8-22-9-6-14/h1-12H,21H2,(H,25,26). The van der Waals surface area contributed by atoms with Crippen LogP contribution in [0.2, 0.25) is 0 Å². The van der Waals surface area contributed by atoms with Crippen LogP contribution in [-0.2, 0) is 0 Å². The second kappa shape index (κ2) is 6.70. The summed E-state index contributed by atoms with van der Waals surface area (Å²) in [6.07, 6.45) is 6.79. The number of nitrogens with one attached hydrogen (secondary N) is 1. The largest absolute Gasteiger partial charge is 0.290 e. The Morgan fingerprint density at radius 2 is 1.50 bits per heavy atom. The third-order valence-electron chi connectivity index (χ3n) is 4.18. The van der Waals surface area contributed by atoms with Gasteiger partial charge in [0.2, 0.25) is 0 Å². The van der Waals surface area contributed by atoms with E-state index in [1.807, 2.05) is 36.4 Å². The number of nitrogens with zero attached hydrogens (tertiary/aromatic N) is 3. The molecule has 6 heteroatoms. The summed E-state index contributed by atoms with van der Waals surface area (Å²) < 4.78 is 0. The maximum atomic E-state index is 12.2. The molecule has 4 rings (SSSR count). The molecular formula is C20H15N5O. The summed E-state index contributed by atoms with van der Waals surface area (Å²) in [5.74, 6) is 4.95. The number of carbonyl (C=O) groups excluding carboxylic acids is 1. The lowest BCUT2D eigenvalue weighted by Crippen LogP contribution is -2.30. The Bertz CT molecular complexity index is 1080. The van der Waals surface area contributed by atoms with Crippen LogP contribution in [0.15, 0.2) is 73.3 Å². The highest BCUT2D eigenvalue weighted by Gasteiger charge is 2.13. The van der Waals surface area contributed by atoms with Gasteiger partial charge in [0.25, 0.3) is 5.91 Å². The number of fused-ring (bicyclic) bond motifs is 1. The molecule has 0 atom stereocenters. The first kappa shape index (κ1) is 15.9. The molecule has 0 fully saturated rings. The van der Waals surface area contributed by atoms with Crippen LogP contribution in [0.25, 0.3) is 33.3 Å². The summed E-state index contributed by atoms with van der Waals surface area (Å²) in [5, 5.41) is 0.660. The normalized spacial score (nSPS) is 10.7. The summed E-state index contributed by atoms with van der Waals surface area (Å²) in [6.45, 7) is 0. The fraction of sp³-hybridized carbons (Fsp3) is 0. The number of amides is 1. The van der Waals surface area contributed by atoms with E-state index in [0.717, 1.165) is 16.7 Å². The van der Waals surface area contributed by atoms with Crippen LogP contribution < -0.4 is 11.3 Å². The molecule has 0 aliphatic heterocycles. The van der Waals surface area contributed by atoms with Gasteiger partial charge in [-0.3, -0.25) is 20.2 Å². The van der Waals surface area contributed by atoms with E-state index in [0.29, 0.717) is 22.2 Å². The van der Waals surface area contributed by atoms with E-state index in [2.05, 4.69) is 20.4 Å². The van der Waals surface area contributed by atoms with Crippen LogP contribution in [0.5, 0.6) is 0 Å². The van der Waals surface area contributed by atoms with Crippen molar-refractivity contribution in [1.82, 2.24) is 20.4 Å². The van der Waals surface area contributed by atoms with Gasteiger partial charge < -0.3 is 0 Å². The Morgan fingerprint density at radius 1 is 0.846 bits per heavy atom. The van der Waals surface area contributed by atoms with Crippen molar-refractivity contribution in [2.75, 3.05) is 0 Å². The highest BCUT2D eigenvalue weighted by Crippen LogP contribution is 2.27. The third kappa shape index (κ3) is 2.89. The minimum atomic E-state index is -0.375. The molecule has 0 bridgehead atoms. The molecule has 0 spiro atoms. The number of nitrogen functional groups attached to an aromatic ring is 1. The second-order valence-corrected chi connectivity index (χ2v) is 5.73. The molecule has 1 aromatic carbocycles. The van der Waals surface area contributed by atoms with E-state index in [-0.39, 0.29) is 5.91 Å². The Morgan fingerprint density at radius 3 is 2.23 bits per heavy atom. The molecule has 0 aliphatic rings. The third-order valence-corrected chi connectivity index (χ3v) is 4.18. The monoisotopic (exact) mass is 341 g/mol. The number of nitrogens with two attached hydrogens (primary N) is 1. The van der Waals surface area contributed by atoms with Gasteiger partial charge in [0.15, 0.2) is 0 Å². The second-order valence-electron chi connectivity index (χ2n) is 5.73. The van der Waals surface area contributed by atoms with Crippen LogP contribution in [0.3, 0.4) is 0 Å². The Hall–Kier alpha value is -3.64. The number of rotatable bonds is 3. The molecule has 4 aromatic rings. The molecule has 0 aliphatic carbocycles. The van der Waals surface area contributed by atoms with Gasteiger partial charge in [0.05, 0.1) is 16.8 Å². The first-order valence-electron chi connectivity index (χ1n) is 8.03. The Labute approximate surface area is 149 Å². The molecule has 6 nitrogen and oxygen atoms in total. The van der Waals surface area contributed by atoms with Crippen molar-refractivity contribution >= 4 is 16.8 Å². The molecule has 3 N–H and O–H groups in total. The summed E-state index contributed by atoms with van der Waals surface area (Å²) in [7, 11) is 0. The van der Waals surface area contributed by atoms with Crippen LogP contribution in [0.1, 0.15) is 10.4 Å². The maximum absolute atomic E-state index is 12.2.